The highest BCUT2D eigenvalue weighted by Crippen LogP contribution is 2.01. The highest BCUT2D eigenvalue weighted by atomic mass is 16.5. The zero-order valence-corrected chi connectivity index (χ0v) is 13.9. The number of hydrogen-bond donors (Lipinski definition) is 1. The zero-order chi connectivity index (χ0) is 15.2. The Morgan fingerprint density at radius 3 is 2.40 bits per heavy atom. The molecule has 4 heteroatoms. The van der Waals surface area contributed by atoms with Crippen LogP contribution >= 0.6 is 0 Å². The molecule has 0 aliphatic carbocycles. The maximum Gasteiger partial charge on any atom is 0.407 e. The summed E-state index contributed by atoms with van der Waals surface area (Å²) in [6, 6.07) is 0.189. The largest absolute Gasteiger partial charge is 0.450 e. The van der Waals surface area contributed by atoms with Crippen molar-refractivity contribution in [3.8, 4) is 0 Å². The Morgan fingerprint density at radius 1 is 1.10 bits per heavy atom. The van der Waals surface area contributed by atoms with Gasteiger partial charge in [-0.3, -0.25) is 0 Å². The molecule has 0 saturated carbocycles. The summed E-state index contributed by atoms with van der Waals surface area (Å²) >= 11 is 0. The van der Waals surface area contributed by atoms with Gasteiger partial charge in [0.15, 0.2) is 0 Å². The van der Waals surface area contributed by atoms with E-state index in [9.17, 15) is 4.79 Å². The van der Waals surface area contributed by atoms with Gasteiger partial charge in [-0.15, -0.1) is 0 Å². The highest BCUT2D eigenvalue weighted by molar-refractivity contribution is 5.67. The molecule has 0 saturated heterocycles. The molecule has 4 nitrogen and oxygen atoms in total. The molecule has 0 unspecified atom stereocenters. The van der Waals surface area contributed by atoms with Crippen LogP contribution in [0.15, 0.2) is 0 Å². The Morgan fingerprint density at radius 2 is 1.80 bits per heavy atom. The van der Waals surface area contributed by atoms with Gasteiger partial charge in [0, 0.05) is 6.04 Å². The fourth-order valence-corrected chi connectivity index (χ4v) is 2.17. The first-order chi connectivity index (χ1) is 9.63. The Balaban J connectivity index is 3.54. The third-order valence-electron chi connectivity index (χ3n) is 3.60. The predicted octanol–water partition coefficient (Wildman–Crippen LogP) is 3.80. The van der Waals surface area contributed by atoms with Gasteiger partial charge in [0.2, 0.25) is 0 Å². The molecule has 0 aromatic heterocycles. The molecule has 0 aliphatic rings. The van der Waals surface area contributed by atoms with Crippen molar-refractivity contribution in [2.24, 2.45) is 0 Å². The molecule has 0 heterocycles. The number of amides is 1. The number of unbranched alkanes of at least 4 members (excludes halogenated alkanes) is 3. The van der Waals surface area contributed by atoms with Crippen molar-refractivity contribution in [3.05, 3.63) is 0 Å². The van der Waals surface area contributed by atoms with Gasteiger partial charge in [0.25, 0.3) is 0 Å². The minimum atomic E-state index is -0.267. The number of ether oxygens (including phenoxy) is 1. The lowest BCUT2D eigenvalue weighted by Crippen LogP contribution is -2.34. The lowest BCUT2D eigenvalue weighted by molar-refractivity contribution is 0.139. The summed E-state index contributed by atoms with van der Waals surface area (Å²) in [6.45, 7) is 12.4. The summed E-state index contributed by atoms with van der Waals surface area (Å²) in [5.41, 5.74) is 0. The minimum absolute atomic E-state index is 0.189. The van der Waals surface area contributed by atoms with E-state index in [1.807, 2.05) is 6.92 Å². The van der Waals surface area contributed by atoms with Gasteiger partial charge in [-0.25, -0.2) is 4.79 Å². The molecule has 0 fully saturated rings. The SMILES string of the molecule is CCCCCCOC(=O)N[C@H](C)CCCN(CC)CC. The summed E-state index contributed by atoms with van der Waals surface area (Å²) in [7, 11) is 0. The monoisotopic (exact) mass is 286 g/mol. The van der Waals surface area contributed by atoms with Crippen LogP contribution in [0.5, 0.6) is 0 Å². The maximum absolute atomic E-state index is 11.6. The van der Waals surface area contributed by atoms with Crippen molar-refractivity contribution >= 4 is 6.09 Å². The summed E-state index contributed by atoms with van der Waals surface area (Å²) in [5, 5.41) is 2.90. The average Bonchev–Trinajstić information content (AvgIpc) is 2.43. The second kappa shape index (κ2) is 13.2. The van der Waals surface area contributed by atoms with Crippen LogP contribution in [-0.4, -0.2) is 43.3 Å². The van der Waals surface area contributed by atoms with Gasteiger partial charge in [-0.1, -0.05) is 40.0 Å². The lowest BCUT2D eigenvalue weighted by Gasteiger charge is -2.19. The van der Waals surface area contributed by atoms with Crippen molar-refractivity contribution < 1.29 is 9.53 Å². The van der Waals surface area contributed by atoms with Gasteiger partial charge in [0.1, 0.15) is 0 Å². The molecule has 0 aromatic rings. The number of hydrogen-bond acceptors (Lipinski definition) is 3. The first-order valence-electron chi connectivity index (χ1n) is 8.29. The normalized spacial score (nSPS) is 12.4. The summed E-state index contributed by atoms with van der Waals surface area (Å²) in [5.74, 6) is 0. The summed E-state index contributed by atoms with van der Waals surface area (Å²) in [4.78, 5) is 14.0. The predicted molar refractivity (Wildman–Crippen MR) is 85.1 cm³/mol. The van der Waals surface area contributed by atoms with Gasteiger partial charge in [-0.05, 0) is 45.8 Å². The lowest BCUT2D eigenvalue weighted by atomic mass is 10.2. The molecule has 0 spiro atoms. The highest BCUT2D eigenvalue weighted by Gasteiger charge is 2.08. The summed E-state index contributed by atoms with van der Waals surface area (Å²) in [6.07, 6.45) is 6.38. The van der Waals surface area contributed by atoms with Gasteiger partial charge >= 0.3 is 6.09 Å². The minimum Gasteiger partial charge on any atom is -0.450 e. The number of nitrogens with zero attached hydrogens (tertiary/aromatic N) is 1. The maximum atomic E-state index is 11.6. The fourth-order valence-electron chi connectivity index (χ4n) is 2.17. The van der Waals surface area contributed by atoms with Crippen LogP contribution in [0.1, 0.15) is 66.2 Å². The van der Waals surface area contributed by atoms with Crippen LogP contribution in [0.3, 0.4) is 0 Å². The Kier molecular flexibility index (Phi) is 12.7. The van der Waals surface area contributed by atoms with Crippen LogP contribution in [-0.2, 0) is 4.74 Å². The number of alkyl carbamates (subject to hydrolysis) is 1. The number of nitrogens with one attached hydrogen (secondary N) is 1. The molecular formula is C16H34N2O2. The van der Waals surface area contributed by atoms with Crippen LogP contribution < -0.4 is 5.32 Å². The smallest absolute Gasteiger partial charge is 0.407 e. The van der Waals surface area contributed by atoms with Crippen LogP contribution in [0.4, 0.5) is 4.79 Å². The van der Waals surface area contributed by atoms with Crippen molar-refractivity contribution in [2.75, 3.05) is 26.2 Å². The van der Waals surface area contributed by atoms with Crippen molar-refractivity contribution in [1.82, 2.24) is 10.2 Å². The van der Waals surface area contributed by atoms with Gasteiger partial charge < -0.3 is 15.0 Å². The fraction of sp³-hybridized carbons (Fsp3) is 0.938. The Labute approximate surface area is 125 Å². The third-order valence-corrected chi connectivity index (χ3v) is 3.60. The molecule has 1 N–H and O–H groups in total. The second-order valence-corrected chi connectivity index (χ2v) is 5.41. The molecule has 1 atom stereocenters. The van der Waals surface area contributed by atoms with Crippen LogP contribution in [0.25, 0.3) is 0 Å². The van der Waals surface area contributed by atoms with E-state index >= 15 is 0 Å². The van der Waals surface area contributed by atoms with Crippen LogP contribution in [0.2, 0.25) is 0 Å². The number of carbonyl (C=O) groups is 1. The van der Waals surface area contributed by atoms with E-state index in [0.717, 1.165) is 45.3 Å². The van der Waals surface area contributed by atoms with Gasteiger partial charge in [-0.2, -0.15) is 0 Å². The average molecular weight is 286 g/mol. The van der Waals surface area contributed by atoms with E-state index in [4.69, 9.17) is 4.74 Å². The molecule has 0 aromatic carbocycles. The molecule has 0 aliphatic heterocycles. The van der Waals surface area contributed by atoms with Gasteiger partial charge in [0.05, 0.1) is 6.61 Å². The topological polar surface area (TPSA) is 41.6 Å². The quantitative estimate of drug-likeness (QED) is 0.555. The molecular weight excluding hydrogens is 252 g/mol. The van der Waals surface area contributed by atoms with E-state index in [1.54, 1.807) is 0 Å². The first-order valence-corrected chi connectivity index (χ1v) is 8.29. The van der Waals surface area contributed by atoms with Crippen molar-refractivity contribution in [1.29, 1.82) is 0 Å². The summed E-state index contributed by atoms with van der Waals surface area (Å²) < 4.78 is 5.17. The molecule has 120 valence electrons. The molecule has 0 radical (unpaired) electrons. The van der Waals surface area contributed by atoms with E-state index < -0.39 is 0 Å². The third kappa shape index (κ3) is 11.1. The zero-order valence-electron chi connectivity index (χ0n) is 13.9. The Bertz CT molecular complexity index is 231. The van der Waals surface area contributed by atoms with E-state index in [0.29, 0.717) is 6.61 Å². The van der Waals surface area contributed by atoms with E-state index in [-0.39, 0.29) is 12.1 Å². The standard InChI is InChI=1S/C16H34N2O2/c1-5-8-9-10-14-20-16(19)17-15(4)12-11-13-18(6-2)7-3/h15H,5-14H2,1-4H3,(H,17,19)/t15-/m1/s1. The molecule has 0 bridgehead atoms. The second-order valence-electron chi connectivity index (χ2n) is 5.41. The molecule has 20 heavy (non-hydrogen) atoms. The van der Waals surface area contributed by atoms with Crippen molar-refractivity contribution in [2.45, 2.75) is 72.3 Å². The Hall–Kier alpha value is -0.770. The number of rotatable bonds is 12. The molecule has 0 rings (SSSR count). The molecule has 1 amide bonds. The van der Waals surface area contributed by atoms with Crippen LogP contribution in [0, 0.1) is 0 Å². The first kappa shape index (κ1) is 19.2. The van der Waals surface area contributed by atoms with Crippen molar-refractivity contribution in [3.63, 3.8) is 0 Å². The van der Waals surface area contributed by atoms with E-state index in [1.165, 1.54) is 12.8 Å². The number of carbonyl (C=O) groups excluding carboxylic acids is 1. The van der Waals surface area contributed by atoms with E-state index in [2.05, 4.69) is 31.0 Å².